The first kappa shape index (κ1) is 29.7. The number of hydrogen-bond acceptors (Lipinski definition) is 8. The second kappa shape index (κ2) is 10.5. The van der Waals surface area contributed by atoms with Crippen molar-refractivity contribution in [2.75, 3.05) is 22.9 Å². The molecular weight excluding hydrogens is 607 g/mol. The molecule has 0 N–H and O–H groups in total. The molecule has 0 fully saturated rings. The van der Waals surface area contributed by atoms with Crippen LogP contribution in [0.15, 0.2) is 102 Å². The van der Waals surface area contributed by atoms with E-state index in [0.29, 0.717) is 0 Å². The number of amidine groups is 2. The highest BCUT2D eigenvalue weighted by atomic mass is 16.5. The van der Waals surface area contributed by atoms with Crippen LogP contribution in [-0.4, -0.2) is 52.5 Å². The number of aliphatic imine (C=N–C) groups is 2. The Hall–Kier alpha value is -5.44. The van der Waals surface area contributed by atoms with Crippen LogP contribution >= 0.6 is 0 Å². The molecule has 0 radical (unpaired) electrons. The van der Waals surface area contributed by atoms with E-state index < -0.39 is 0 Å². The summed E-state index contributed by atoms with van der Waals surface area (Å²) in [5.74, 6) is 5.35. The van der Waals surface area contributed by atoms with Crippen LogP contribution in [0.5, 0.6) is 23.0 Å². The average molecular weight is 645 g/mol. The summed E-state index contributed by atoms with van der Waals surface area (Å²) in [6, 6.07) is 23.5. The van der Waals surface area contributed by atoms with Gasteiger partial charge >= 0.3 is 0 Å². The molecule has 6 heterocycles. The molecule has 0 aliphatic carbocycles. The number of benzene rings is 3. The number of fused-ring (bicyclic) bond motifs is 4. The fraction of sp³-hybridized carbons (Fsp3) is 0.250. The van der Waals surface area contributed by atoms with Crippen molar-refractivity contribution >= 4 is 46.1 Å². The predicted octanol–water partition coefficient (Wildman–Crippen LogP) is 6.57. The molecule has 0 spiro atoms. The fourth-order valence-electron chi connectivity index (χ4n) is 7.88. The number of anilines is 2. The minimum absolute atomic E-state index is 0.0212. The minimum Gasteiger partial charge on any atom is -0.458 e. The first-order valence-corrected chi connectivity index (χ1v) is 16.9. The lowest BCUT2D eigenvalue weighted by Gasteiger charge is -2.33. The van der Waals surface area contributed by atoms with E-state index in [2.05, 4.69) is 110 Å². The number of hydrogen-bond donors (Lipinski definition) is 0. The van der Waals surface area contributed by atoms with Gasteiger partial charge in [0.2, 0.25) is 0 Å². The molecule has 2 aromatic heterocycles. The van der Waals surface area contributed by atoms with Gasteiger partial charge in [-0.1, -0.05) is 30.3 Å². The van der Waals surface area contributed by atoms with Gasteiger partial charge in [0, 0.05) is 42.1 Å². The molecule has 3 aromatic carbocycles. The van der Waals surface area contributed by atoms with Crippen LogP contribution < -0.4 is 35.7 Å². The molecule has 242 valence electrons. The number of pyridine rings is 2. The first-order valence-electron chi connectivity index (χ1n) is 16.9. The minimum atomic E-state index is -0.118. The SMILES string of the molecule is CC1=NC(C)(C)CN1c1cncc(-c2ccc3c(c2)Oc2cccc4c2B3c2ccc(-c3cncc(N5CC(C)(C)N=C5C)c3)cc2O4)c1. The Kier molecular flexibility index (Phi) is 6.38. The van der Waals surface area contributed by atoms with Crippen molar-refractivity contribution in [1.82, 2.24) is 9.97 Å². The van der Waals surface area contributed by atoms with Gasteiger partial charge in [0.25, 0.3) is 6.71 Å². The van der Waals surface area contributed by atoms with Crippen molar-refractivity contribution in [3.05, 3.63) is 91.5 Å². The molecule has 49 heavy (non-hydrogen) atoms. The molecule has 0 bridgehead atoms. The lowest BCUT2D eigenvalue weighted by Crippen LogP contribution is -2.57. The second-order valence-electron chi connectivity index (χ2n) is 14.8. The van der Waals surface area contributed by atoms with Gasteiger partial charge in [0.15, 0.2) is 0 Å². The van der Waals surface area contributed by atoms with Gasteiger partial charge in [-0.2, -0.15) is 0 Å². The van der Waals surface area contributed by atoms with E-state index in [1.807, 2.05) is 43.0 Å². The van der Waals surface area contributed by atoms with Crippen molar-refractivity contribution in [1.29, 1.82) is 0 Å². The Morgan fingerprint density at radius 1 is 0.571 bits per heavy atom. The maximum absolute atomic E-state index is 6.60. The maximum Gasteiger partial charge on any atom is 0.260 e. The van der Waals surface area contributed by atoms with Gasteiger partial charge in [0.05, 0.1) is 34.8 Å². The third-order valence-corrected chi connectivity index (χ3v) is 9.94. The van der Waals surface area contributed by atoms with Crippen LogP contribution in [0.2, 0.25) is 0 Å². The lowest BCUT2D eigenvalue weighted by atomic mass is 9.35. The lowest BCUT2D eigenvalue weighted by molar-refractivity contribution is 0.464. The highest BCUT2D eigenvalue weighted by Gasteiger charge is 2.40. The highest BCUT2D eigenvalue weighted by Crippen LogP contribution is 2.38. The number of ether oxygens (including phenoxy) is 2. The van der Waals surface area contributed by atoms with Crippen LogP contribution in [0.25, 0.3) is 22.3 Å². The molecule has 0 atom stereocenters. The molecule has 0 saturated carbocycles. The normalized spacial score (nSPS) is 17.8. The zero-order valence-electron chi connectivity index (χ0n) is 28.7. The molecule has 4 aliphatic rings. The number of rotatable bonds is 4. The van der Waals surface area contributed by atoms with E-state index in [1.54, 1.807) is 0 Å². The van der Waals surface area contributed by atoms with Gasteiger partial charge in [-0.15, -0.1) is 0 Å². The van der Waals surface area contributed by atoms with Gasteiger partial charge in [-0.25, -0.2) is 0 Å². The van der Waals surface area contributed by atoms with Crippen LogP contribution in [0.4, 0.5) is 11.4 Å². The summed E-state index contributed by atoms with van der Waals surface area (Å²) >= 11 is 0. The average Bonchev–Trinajstić information content (AvgIpc) is 3.54. The van der Waals surface area contributed by atoms with Crippen LogP contribution in [-0.2, 0) is 0 Å². The summed E-state index contributed by atoms with van der Waals surface area (Å²) in [4.78, 5) is 23.4. The Balaban J connectivity index is 1.07. The molecular formula is C40H37BN6O2. The zero-order valence-corrected chi connectivity index (χ0v) is 28.7. The molecule has 0 saturated heterocycles. The van der Waals surface area contributed by atoms with Crippen molar-refractivity contribution in [3.63, 3.8) is 0 Å². The Morgan fingerprint density at radius 2 is 1.04 bits per heavy atom. The second-order valence-corrected chi connectivity index (χ2v) is 14.8. The maximum atomic E-state index is 6.60. The molecule has 9 rings (SSSR count). The predicted molar refractivity (Wildman–Crippen MR) is 200 cm³/mol. The van der Waals surface area contributed by atoms with Crippen LogP contribution in [0.1, 0.15) is 41.5 Å². The summed E-state index contributed by atoms with van der Waals surface area (Å²) in [6.45, 7) is 14.4. The largest absolute Gasteiger partial charge is 0.458 e. The smallest absolute Gasteiger partial charge is 0.260 e. The van der Waals surface area contributed by atoms with Gasteiger partial charge in [0.1, 0.15) is 34.7 Å². The first-order chi connectivity index (χ1) is 23.5. The summed E-state index contributed by atoms with van der Waals surface area (Å²) in [7, 11) is 0. The van der Waals surface area contributed by atoms with E-state index in [0.717, 1.165) is 97.8 Å². The van der Waals surface area contributed by atoms with Crippen molar-refractivity contribution in [2.24, 2.45) is 9.98 Å². The quantitative estimate of drug-likeness (QED) is 0.202. The Bertz CT molecular complexity index is 2110. The standard InChI is InChI=1S/C40H37BN6O2/c1-24-44-39(3,4)22-46(24)30-14-28(18-42-20-30)26-10-12-32-36(16-26)48-34-8-7-9-35-38(34)41(32)33-13-11-27(17-37(33)49-35)29-15-31(21-43-19-29)47-23-40(5,6)45-25(47)2/h7-21H,22-23H2,1-6H3. The highest BCUT2D eigenvalue weighted by molar-refractivity contribution is 6.98. The Morgan fingerprint density at radius 3 is 1.47 bits per heavy atom. The molecule has 5 aromatic rings. The third-order valence-electron chi connectivity index (χ3n) is 9.94. The molecule has 0 unspecified atom stereocenters. The van der Waals surface area contributed by atoms with Crippen LogP contribution in [0, 0.1) is 0 Å². The van der Waals surface area contributed by atoms with E-state index in [-0.39, 0.29) is 17.8 Å². The fourth-order valence-corrected chi connectivity index (χ4v) is 7.88. The van der Waals surface area contributed by atoms with Gasteiger partial charge in [-0.3, -0.25) is 20.0 Å². The number of aromatic nitrogens is 2. The number of nitrogens with zero attached hydrogens (tertiary/aromatic N) is 6. The van der Waals surface area contributed by atoms with Gasteiger partial charge in [-0.05, 0) is 100.0 Å². The summed E-state index contributed by atoms with van der Waals surface area (Å²) in [5.41, 5.74) is 9.32. The zero-order chi connectivity index (χ0) is 33.7. The summed E-state index contributed by atoms with van der Waals surface area (Å²) < 4.78 is 13.2. The molecule has 4 aliphatic heterocycles. The topological polar surface area (TPSA) is 75.4 Å². The van der Waals surface area contributed by atoms with Crippen molar-refractivity contribution < 1.29 is 9.47 Å². The molecule has 0 amide bonds. The van der Waals surface area contributed by atoms with Crippen molar-refractivity contribution in [3.8, 4) is 45.3 Å². The van der Waals surface area contributed by atoms with E-state index in [4.69, 9.17) is 19.5 Å². The third kappa shape index (κ3) is 4.98. The summed E-state index contributed by atoms with van der Waals surface area (Å²) in [6.07, 6.45) is 7.67. The van der Waals surface area contributed by atoms with E-state index >= 15 is 0 Å². The summed E-state index contributed by atoms with van der Waals surface area (Å²) in [5, 5.41) is 0. The van der Waals surface area contributed by atoms with E-state index in [1.165, 1.54) is 0 Å². The monoisotopic (exact) mass is 644 g/mol. The molecule has 8 nitrogen and oxygen atoms in total. The van der Waals surface area contributed by atoms with Crippen LogP contribution in [0.3, 0.4) is 0 Å². The van der Waals surface area contributed by atoms with Gasteiger partial charge < -0.3 is 19.3 Å². The Labute approximate surface area is 287 Å². The van der Waals surface area contributed by atoms with Crippen molar-refractivity contribution in [2.45, 2.75) is 52.6 Å². The molecule has 9 heteroatoms. The van der Waals surface area contributed by atoms with E-state index in [9.17, 15) is 0 Å².